The Balaban J connectivity index is 3.04. The van der Waals surface area contributed by atoms with Crippen molar-refractivity contribution in [2.24, 2.45) is 0 Å². The summed E-state index contributed by atoms with van der Waals surface area (Å²) in [5.74, 6) is -0.937. The van der Waals surface area contributed by atoms with Gasteiger partial charge in [0, 0.05) is 11.5 Å². The lowest BCUT2D eigenvalue weighted by Crippen LogP contribution is -2.01. The van der Waals surface area contributed by atoms with Gasteiger partial charge in [-0.25, -0.2) is 4.79 Å². The molecule has 0 aromatic heterocycles. The molecule has 0 spiro atoms. The Labute approximate surface area is 81.5 Å². The summed E-state index contributed by atoms with van der Waals surface area (Å²) in [7, 11) is 0. The van der Waals surface area contributed by atoms with Crippen molar-refractivity contribution in [1.82, 2.24) is 0 Å². The number of carbonyl (C=O) groups is 1. The van der Waals surface area contributed by atoms with E-state index in [-0.39, 0.29) is 5.56 Å². The quantitative estimate of drug-likeness (QED) is 0.807. The first-order valence-electron chi connectivity index (χ1n) is 3.75. The molecule has 1 aromatic carbocycles. The Hall–Kier alpha value is -1.28. The Morgan fingerprint density at radius 2 is 2.08 bits per heavy atom. The third-order valence-electron chi connectivity index (χ3n) is 1.63. The highest BCUT2D eigenvalue weighted by Crippen LogP contribution is 2.14. The number of carboxylic acids is 1. The summed E-state index contributed by atoms with van der Waals surface area (Å²) in [6, 6.07) is 6.75. The summed E-state index contributed by atoms with van der Waals surface area (Å²) in [6.07, 6.45) is 0.393. The average molecular weight is 197 g/mol. The number of hydrogen-bond acceptors (Lipinski definition) is 1. The zero-order valence-corrected chi connectivity index (χ0v) is 7.71. The summed E-state index contributed by atoms with van der Waals surface area (Å²) in [5, 5.41) is 9.24. The number of rotatable bonds is 3. The van der Waals surface area contributed by atoms with E-state index < -0.39 is 5.97 Å². The van der Waals surface area contributed by atoms with Gasteiger partial charge >= 0.3 is 5.97 Å². The van der Waals surface area contributed by atoms with Crippen LogP contribution in [0.2, 0.25) is 0 Å². The lowest BCUT2D eigenvalue weighted by Gasteiger charge is -2.03. The fourth-order valence-corrected chi connectivity index (χ4v) is 1.23. The molecule has 0 heterocycles. The summed E-state index contributed by atoms with van der Waals surface area (Å²) >= 11 is 5.60. The minimum Gasteiger partial charge on any atom is -0.478 e. The molecule has 2 nitrogen and oxygen atoms in total. The first-order valence-corrected chi connectivity index (χ1v) is 4.13. The number of hydrogen-bond donors (Lipinski definition) is 1. The molecule has 1 N–H and O–H groups in total. The molecule has 13 heavy (non-hydrogen) atoms. The van der Waals surface area contributed by atoms with Gasteiger partial charge in [0.05, 0.1) is 5.56 Å². The van der Waals surface area contributed by atoms with Crippen LogP contribution in [-0.4, -0.2) is 11.1 Å². The summed E-state index contributed by atoms with van der Waals surface area (Å²) in [4.78, 5) is 10.7. The molecular formula is C10H9ClO2. The Kier molecular flexibility index (Phi) is 3.09. The first kappa shape index (κ1) is 9.81. The van der Waals surface area contributed by atoms with E-state index in [0.717, 1.165) is 0 Å². The number of allylic oxidation sites excluding steroid dienone is 1. The van der Waals surface area contributed by atoms with Gasteiger partial charge in [-0.05, 0) is 11.6 Å². The van der Waals surface area contributed by atoms with Gasteiger partial charge < -0.3 is 5.11 Å². The smallest absolute Gasteiger partial charge is 0.335 e. The molecule has 0 fully saturated rings. The second-order valence-corrected chi connectivity index (χ2v) is 3.19. The zero-order valence-electron chi connectivity index (χ0n) is 6.96. The van der Waals surface area contributed by atoms with E-state index >= 15 is 0 Å². The monoisotopic (exact) mass is 196 g/mol. The fourth-order valence-electron chi connectivity index (χ4n) is 1.09. The highest BCUT2D eigenvalue weighted by molar-refractivity contribution is 6.29. The van der Waals surface area contributed by atoms with Crippen LogP contribution >= 0.6 is 11.6 Å². The molecule has 0 atom stereocenters. The molecule has 3 heteroatoms. The summed E-state index contributed by atoms with van der Waals surface area (Å²) in [5.41, 5.74) is 0.972. The summed E-state index contributed by atoms with van der Waals surface area (Å²) < 4.78 is 0. The second kappa shape index (κ2) is 4.10. The van der Waals surface area contributed by atoms with Gasteiger partial charge in [0.2, 0.25) is 0 Å². The van der Waals surface area contributed by atoms with Crippen molar-refractivity contribution in [2.75, 3.05) is 0 Å². The van der Waals surface area contributed by atoms with E-state index in [4.69, 9.17) is 16.7 Å². The predicted molar refractivity (Wildman–Crippen MR) is 52.1 cm³/mol. The average Bonchev–Trinajstić information content (AvgIpc) is 2.03. The highest BCUT2D eigenvalue weighted by atomic mass is 35.5. The van der Waals surface area contributed by atoms with Gasteiger partial charge in [0.1, 0.15) is 0 Å². The van der Waals surface area contributed by atoms with E-state index in [1.807, 2.05) is 0 Å². The van der Waals surface area contributed by atoms with Crippen LogP contribution < -0.4 is 0 Å². The van der Waals surface area contributed by atoms with Gasteiger partial charge in [-0.15, -0.1) is 0 Å². The fraction of sp³-hybridized carbons (Fsp3) is 0.100. The first-order chi connectivity index (χ1) is 6.11. The van der Waals surface area contributed by atoms with Crippen molar-refractivity contribution >= 4 is 17.6 Å². The Bertz CT molecular complexity index is 345. The van der Waals surface area contributed by atoms with Gasteiger partial charge in [0.15, 0.2) is 0 Å². The third kappa shape index (κ3) is 2.60. The standard InChI is InChI=1S/C10H9ClO2/c1-7(11)6-8-4-2-3-5-9(8)10(12)13/h2-5H,1,6H2,(H,12,13). The van der Waals surface area contributed by atoms with Crippen molar-refractivity contribution in [2.45, 2.75) is 6.42 Å². The highest BCUT2D eigenvalue weighted by Gasteiger charge is 2.08. The molecule has 0 aliphatic rings. The maximum Gasteiger partial charge on any atom is 0.335 e. The molecular weight excluding hydrogens is 188 g/mol. The second-order valence-electron chi connectivity index (χ2n) is 2.66. The number of benzene rings is 1. The van der Waals surface area contributed by atoms with Crippen LogP contribution in [0.4, 0.5) is 0 Å². The van der Waals surface area contributed by atoms with E-state index in [2.05, 4.69) is 6.58 Å². The van der Waals surface area contributed by atoms with Gasteiger partial charge in [-0.1, -0.05) is 36.4 Å². The molecule has 0 saturated heterocycles. The van der Waals surface area contributed by atoms with Crippen LogP contribution in [0.15, 0.2) is 35.9 Å². The number of aromatic carboxylic acids is 1. The molecule has 1 aromatic rings. The molecule has 0 unspecified atom stereocenters. The van der Waals surface area contributed by atoms with Crippen molar-refractivity contribution < 1.29 is 9.90 Å². The van der Waals surface area contributed by atoms with E-state index in [9.17, 15) is 4.79 Å². The number of carboxylic acid groups (broad SMARTS) is 1. The lowest BCUT2D eigenvalue weighted by atomic mass is 10.1. The molecule has 0 amide bonds. The lowest BCUT2D eigenvalue weighted by molar-refractivity contribution is 0.0696. The van der Waals surface area contributed by atoms with Crippen LogP contribution in [0, 0.1) is 0 Å². The van der Waals surface area contributed by atoms with E-state index in [1.54, 1.807) is 24.3 Å². The van der Waals surface area contributed by atoms with Crippen molar-refractivity contribution in [1.29, 1.82) is 0 Å². The maximum atomic E-state index is 10.7. The van der Waals surface area contributed by atoms with Crippen molar-refractivity contribution in [3.8, 4) is 0 Å². The molecule has 68 valence electrons. The van der Waals surface area contributed by atoms with Crippen LogP contribution in [0.3, 0.4) is 0 Å². The summed E-state index contributed by atoms with van der Waals surface area (Å²) in [6.45, 7) is 3.52. The molecule has 0 radical (unpaired) electrons. The molecule has 0 aliphatic carbocycles. The number of halogens is 1. The van der Waals surface area contributed by atoms with Crippen LogP contribution in [0.25, 0.3) is 0 Å². The minimum absolute atomic E-state index is 0.282. The molecule has 0 saturated carbocycles. The molecule has 0 aliphatic heterocycles. The van der Waals surface area contributed by atoms with Crippen molar-refractivity contribution in [3.63, 3.8) is 0 Å². The minimum atomic E-state index is -0.937. The predicted octanol–water partition coefficient (Wildman–Crippen LogP) is 2.68. The van der Waals surface area contributed by atoms with Crippen LogP contribution in [0.5, 0.6) is 0 Å². The van der Waals surface area contributed by atoms with Crippen LogP contribution in [0.1, 0.15) is 15.9 Å². The van der Waals surface area contributed by atoms with Gasteiger partial charge in [-0.2, -0.15) is 0 Å². The zero-order chi connectivity index (χ0) is 9.84. The Morgan fingerprint density at radius 3 is 2.62 bits per heavy atom. The molecule has 0 bridgehead atoms. The van der Waals surface area contributed by atoms with E-state index in [1.165, 1.54) is 0 Å². The van der Waals surface area contributed by atoms with E-state index in [0.29, 0.717) is 17.0 Å². The maximum absolute atomic E-state index is 10.7. The van der Waals surface area contributed by atoms with Crippen molar-refractivity contribution in [3.05, 3.63) is 47.0 Å². The third-order valence-corrected chi connectivity index (χ3v) is 1.76. The SMILES string of the molecule is C=C(Cl)Cc1ccccc1C(=O)O. The normalized spacial score (nSPS) is 9.62. The Morgan fingerprint density at radius 1 is 1.46 bits per heavy atom. The topological polar surface area (TPSA) is 37.3 Å². The molecule has 1 rings (SSSR count). The van der Waals surface area contributed by atoms with Gasteiger partial charge in [-0.3, -0.25) is 0 Å². The largest absolute Gasteiger partial charge is 0.478 e. The van der Waals surface area contributed by atoms with Crippen LogP contribution in [-0.2, 0) is 6.42 Å². The van der Waals surface area contributed by atoms with Gasteiger partial charge in [0.25, 0.3) is 0 Å².